The summed E-state index contributed by atoms with van der Waals surface area (Å²) in [6.45, 7) is 13.9. The number of hydrogen-bond acceptors (Lipinski definition) is 4. The molecule has 7 atom stereocenters. The van der Waals surface area contributed by atoms with E-state index >= 15 is 0 Å². The van der Waals surface area contributed by atoms with E-state index in [2.05, 4.69) is 69.1 Å². The maximum Gasteiger partial charge on any atom is 0.261 e. The lowest BCUT2D eigenvalue weighted by Gasteiger charge is -2.61. The van der Waals surface area contributed by atoms with E-state index in [-0.39, 0.29) is 23.7 Å². The largest absolute Gasteiger partial charge is 0.372 e. The van der Waals surface area contributed by atoms with Crippen molar-refractivity contribution in [2.45, 2.75) is 91.0 Å². The average molecular weight is 568 g/mol. The van der Waals surface area contributed by atoms with Gasteiger partial charge in [0.25, 0.3) is 5.56 Å². The Labute approximate surface area is 249 Å². The number of rotatable bonds is 3. The van der Waals surface area contributed by atoms with Crippen LogP contribution in [0.1, 0.15) is 77.6 Å². The summed E-state index contributed by atoms with van der Waals surface area (Å²) in [6.07, 6.45) is 4.74. The van der Waals surface area contributed by atoms with Gasteiger partial charge in [-0.3, -0.25) is 9.36 Å². The fourth-order valence-electron chi connectivity index (χ4n) is 8.50. The highest BCUT2D eigenvalue weighted by atomic mass is 16.5. The van der Waals surface area contributed by atoms with Gasteiger partial charge in [-0.15, -0.1) is 0 Å². The summed E-state index contributed by atoms with van der Waals surface area (Å²) in [5, 5.41) is 4.39. The summed E-state index contributed by atoms with van der Waals surface area (Å²) in [5.41, 5.74) is 3.38. The topological polar surface area (TPSA) is 71.8 Å². The minimum atomic E-state index is 0.0600. The molecule has 8 rings (SSSR count). The Morgan fingerprint density at radius 2 is 1.81 bits per heavy atom. The van der Waals surface area contributed by atoms with Crippen molar-refractivity contribution in [2.75, 3.05) is 18.4 Å². The molecule has 3 heterocycles. The van der Waals surface area contributed by atoms with Crippen molar-refractivity contribution in [3.63, 3.8) is 0 Å². The van der Waals surface area contributed by atoms with E-state index in [1.165, 1.54) is 12.0 Å². The number of hydrogen-bond donors (Lipinski definition) is 1. The van der Waals surface area contributed by atoms with E-state index in [1.54, 1.807) is 0 Å². The van der Waals surface area contributed by atoms with Crippen LogP contribution in [0, 0.1) is 23.2 Å². The highest BCUT2D eigenvalue weighted by Crippen LogP contribution is 2.61. The number of nitrogens with one attached hydrogen (secondary N) is 1. The highest BCUT2D eigenvalue weighted by Gasteiger charge is 2.56. The van der Waals surface area contributed by atoms with Gasteiger partial charge in [-0.1, -0.05) is 51.1 Å². The first-order chi connectivity index (χ1) is 20.2. The minimum Gasteiger partial charge on any atom is -0.372 e. The quantitative estimate of drug-likeness (QED) is 0.298. The number of guanidine groups is 1. The van der Waals surface area contributed by atoms with Crippen LogP contribution in [0.5, 0.6) is 0 Å². The Bertz CT molecular complexity index is 1550. The molecule has 7 nitrogen and oxygen atoms in total. The molecule has 5 aliphatic rings. The monoisotopic (exact) mass is 567 g/mol. The molecule has 2 bridgehead atoms. The Kier molecular flexibility index (Phi) is 6.92. The number of benzene rings is 2. The maximum atomic E-state index is 13.6. The van der Waals surface area contributed by atoms with Crippen LogP contribution in [0.3, 0.4) is 0 Å². The van der Waals surface area contributed by atoms with Gasteiger partial charge in [0.2, 0.25) is 0 Å². The number of fused-ring (bicyclic) bond motifs is 4. The molecule has 1 unspecified atom stereocenters. The third-order valence-corrected chi connectivity index (χ3v) is 11.0. The standard InChI is InChI=1S/C35H45N5O2/c1-21-19-39(20-22(2)42-21)34(38-30-17-25-16-29(23(30)3)35(25,4)5)36-26-13-14-28-31(18-26)37-32-27(24-10-7-6-8-11-24)12-9-15-40(32)33(28)41/h6-8,10-11,13-14,18,21-23,25,27,29-30H,9,12,15-17,19-20H2,1-5H3,(H,36,38)/t21-,22+,23-,25-,27?,29+,30-/m0/s1. The fraction of sp³-hybridized carbons (Fsp3) is 0.571. The van der Waals surface area contributed by atoms with Gasteiger partial charge in [-0.05, 0) is 86.5 Å². The third-order valence-electron chi connectivity index (χ3n) is 11.0. The molecule has 1 aromatic heterocycles. The molecule has 4 fully saturated rings. The Balaban J connectivity index is 1.24. The first-order valence-corrected chi connectivity index (χ1v) is 16.0. The van der Waals surface area contributed by atoms with Crippen molar-refractivity contribution >= 4 is 22.5 Å². The summed E-state index contributed by atoms with van der Waals surface area (Å²) < 4.78 is 7.98. The lowest BCUT2D eigenvalue weighted by Crippen LogP contribution is -2.57. The van der Waals surface area contributed by atoms with E-state index in [4.69, 9.17) is 14.7 Å². The number of morpholine rings is 1. The second-order valence-corrected chi connectivity index (χ2v) is 14.0. The molecule has 7 heteroatoms. The fourth-order valence-corrected chi connectivity index (χ4v) is 8.50. The molecule has 3 saturated carbocycles. The molecule has 3 aliphatic carbocycles. The second-order valence-electron chi connectivity index (χ2n) is 14.0. The number of ether oxygens (including phenoxy) is 1. The van der Waals surface area contributed by atoms with Gasteiger partial charge in [0, 0.05) is 31.2 Å². The average Bonchev–Trinajstić information content (AvgIpc) is 2.97. The zero-order valence-corrected chi connectivity index (χ0v) is 25.7. The van der Waals surface area contributed by atoms with E-state index in [0.29, 0.717) is 22.8 Å². The molecule has 1 N–H and O–H groups in total. The van der Waals surface area contributed by atoms with Crippen LogP contribution in [0.25, 0.3) is 10.9 Å². The van der Waals surface area contributed by atoms with Crippen LogP contribution in [-0.4, -0.2) is 51.7 Å². The van der Waals surface area contributed by atoms with E-state index < -0.39 is 0 Å². The molecule has 2 aliphatic heterocycles. The minimum absolute atomic E-state index is 0.0600. The Morgan fingerprint density at radius 1 is 1.05 bits per heavy atom. The van der Waals surface area contributed by atoms with E-state index in [9.17, 15) is 4.79 Å². The van der Waals surface area contributed by atoms with Crippen LogP contribution in [0.4, 0.5) is 5.69 Å². The summed E-state index contributed by atoms with van der Waals surface area (Å²) in [4.78, 5) is 26.6. The molecule has 222 valence electrons. The van der Waals surface area contributed by atoms with Crippen molar-refractivity contribution in [2.24, 2.45) is 28.2 Å². The van der Waals surface area contributed by atoms with Gasteiger partial charge in [0.1, 0.15) is 5.82 Å². The highest BCUT2D eigenvalue weighted by molar-refractivity contribution is 5.96. The van der Waals surface area contributed by atoms with Crippen LogP contribution in [0.15, 0.2) is 58.3 Å². The Hall–Kier alpha value is -3.19. The molecule has 1 saturated heterocycles. The normalized spacial score (nSPS) is 32.3. The first kappa shape index (κ1) is 27.6. The van der Waals surface area contributed by atoms with Gasteiger partial charge in [-0.2, -0.15) is 0 Å². The smallest absolute Gasteiger partial charge is 0.261 e. The van der Waals surface area contributed by atoms with Gasteiger partial charge in [0.15, 0.2) is 5.96 Å². The maximum absolute atomic E-state index is 13.6. The first-order valence-electron chi connectivity index (χ1n) is 16.0. The lowest BCUT2D eigenvalue weighted by atomic mass is 9.45. The summed E-state index contributed by atoms with van der Waals surface area (Å²) in [7, 11) is 0. The zero-order valence-electron chi connectivity index (χ0n) is 25.7. The zero-order chi connectivity index (χ0) is 29.2. The molecular weight excluding hydrogens is 522 g/mol. The summed E-state index contributed by atoms with van der Waals surface area (Å²) >= 11 is 0. The van der Waals surface area contributed by atoms with E-state index in [1.807, 2.05) is 28.8 Å². The molecule has 42 heavy (non-hydrogen) atoms. The van der Waals surface area contributed by atoms with Gasteiger partial charge in [0.05, 0.1) is 29.2 Å². The van der Waals surface area contributed by atoms with Crippen LogP contribution in [-0.2, 0) is 11.3 Å². The number of anilines is 1. The van der Waals surface area contributed by atoms with Crippen molar-refractivity contribution in [3.05, 3.63) is 70.3 Å². The van der Waals surface area contributed by atoms with Gasteiger partial charge < -0.3 is 15.0 Å². The number of aliphatic imine (C=N–C) groups is 1. The van der Waals surface area contributed by atoms with Gasteiger partial charge >= 0.3 is 0 Å². The SMILES string of the molecule is C[C@@H]1[C@@H](/N=C(/Nc2ccc3c(=O)n4c(nc3c2)C(c2ccccc2)CCC4)N2C[C@@H](C)O[C@@H](C)C2)C[C@@H]2C[C@H]1C2(C)C. The predicted molar refractivity (Wildman–Crippen MR) is 169 cm³/mol. The van der Waals surface area contributed by atoms with Gasteiger partial charge in [-0.25, -0.2) is 9.98 Å². The van der Waals surface area contributed by atoms with Crippen molar-refractivity contribution in [3.8, 4) is 0 Å². The molecule has 0 spiro atoms. The third kappa shape index (κ3) is 4.74. The number of aromatic nitrogens is 2. The Morgan fingerprint density at radius 3 is 2.52 bits per heavy atom. The van der Waals surface area contributed by atoms with E-state index in [0.717, 1.165) is 73.7 Å². The second kappa shape index (κ2) is 10.5. The van der Waals surface area contributed by atoms with Crippen LogP contribution in [0.2, 0.25) is 0 Å². The summed E-state index contributed by atoms with van der Waals surface area (Å²) in [6, 6.07) is 16.8. The molecule has 0 amide bonds. The van der Waals surface area contributed by atoms with Crippen molar-refractivity contribution in [1.82, 2.24) is 14.5 Å². The molecule has 3 aromatic rings. The predicted octanol–water partition coefficient (Wildman–Crippen LogP) is 6.27. The number of nitrogens with zero attached hydrogens (tertiary/aromatic N) is 4. The van der Waals surface area contributed by atoms with Crippen LogP contribution >= 0.6 is 0 Å². The van der Waals surface area contributed by atoms with Crippen molar-refractivity contribution < 1.29 is 4.74 Å². The summed E-state index contributed by atoms with van der Waals surface area (Å²) in [5.74, 6) is 3.96. The molecule has 0 radical (unpaired) electrons. The molecule has 2 aromatic carbocycles. The lowest BCUT2D eigenvalue weighted by molar-refractivity contribution is -0.108. The molecular formula is C35H45N5O2. The van der Waals surface area contributed by atoms with Crippen molar-refractivity contribution in [1.29, 1.82) is 0 Å². The van der Waals surface area contributed by atoms with Crippen LogP contribution < -0.4 is 10.9 Å².